The molecule has 2 aliphatic rings. The summed E-state index contributed by atoms with van der Waals surface area (Å²) in [4.78, 5) is 30.6. The minimum atomic E-state index is -0.603. The summed E-state index contributed by atoms with van der Waals surface area (Å²) in [5, 5.41) is 5.97. The molecule has 1 saturated carbocycles. The molecule has 0 atom stereocenters. The molecule has 20 heavy (non-hydrogen) atoms. The summed E-state index contributed by atoms with van der Waals surface area (Å²) in [5.41, 5.74) is 0.411. The molecule has 1 N–H and O–H groups in total. The van der Waals surface area contributed by atoms with Crippen molar-refractivity contribution in [1.29, 1.82) is 0 Å². The summed E-state index contributed by atoms with van der Waals surface area (Å²) in [7, 11) is 0. The van der Waals surface area contributed by atoms with E-state index in [4.69, 9.17) is 0 Å². The van der Waals surface area contributed by atoms with Gasteiger partial charge in [0.05, 0.1) is 11.6 Å². The fourth-order valence-electron chi connectivity index (χ4n) is 3.15. The normalized spacial score (nSPS) is 21.6. The third kappa shape index (κ3) is 2.44. The van der Waals surface area contributed by atoms with Crippen molar-refractivity contribution in [3.63, 3.8) is 0 Å². The fraction of sp³-hybridized carbons (Fsp3) is 0.643. The maximum Gasteiger partial charge on any atom is 0.248 e. The second kappa shape index (κ2) is 5.16. The van der Waals surface area contributed by atoms with E-state index >= 15 is 0 Å². The SMILES string of the molecule is Cc1csc(CCN2CC(=O)NC3(CCCC3)C2=O)n1. The summed E-state index contributed by atoms with van der Waals surface area (Å²) >= 11 is 1.61. The second-order valence-electron chi connectivity index (χ2n) is 5.70. The highest BCUT2D eigenvalue weighted by atomic mass is 32.1. The topological polar surface area (TPSA) is 62.3 Å². The number of piperazine rings is 1. The number of hydrogen-bond acceptors (Lipinski definition) is 4. The quantitative estimate of drug-likeness (QED) is 0.913. The summed E-state index contributed by atoms with van der Waals surface area (Å²) in [6.07, 6.45) is 4.33. The molecule has 1 aliphatic carbocycles. The van der Waals surface area contributed by atoms with Gasteiger partial charge in [0.1, 0.15) is 5.54 Å². The second-order valence-corrected chi connectivity index (χ2v) is 6.64. The molecule has 0 aromatic carbocycles. The molecular formula is C14H19N3O2S. The van der Waals surface area contributed by atoms with Crippen LogP contribution in [0.5, 0.6) is 0 Å². The van der Waals surface area contributed by atoms with Gasteiger partial charge in [0.15, 0.2) is 0 Å². The number of carbonyl (C=O) groups is 2. The Kier molecular flexibility index (Phi) is 3.50. The number of aryl methyl sites for hydroxylation is 1. The van der Waals surface area contributed by atoms with Gasteiger partial charge in [0.2, 0.25) is 11.8 Å². The number of amides is 2. The van der Waals surface area contributed by atoms with Gasteiger partial charge in [-0.3, -0.25) is 9.59 Å². The Hall–Kier alpha value is -1.43. The van der Waals surface area contributed by atoms with Crippen molar-refractivity contribution in [3.8, 4) is 0 Å². The number of nitrogens with one attached hydrogen (secondary N) is 1. The largest absolute Gasteiger partial charge is 0.340 e. The first-order valence-corrected chi connectivity index (χ1v) is 7.98. The van der Waals surface area contributed by atoms with Crippen LogP contribution in [0.4, 0.5) is 0 Å². The average molecular weight is 293 g/mol. The van der Waals surface area contributed by atoms with Crippen LogP contribution in [0.15, 0.2) is 5.38 Å². The van der Waals surface area contributed by atoms with E-state index in [0.717, 1.165) is 42.8 Å². The van der Waals surface area contributed by atoms with Gasteiger partial charge in [-0.25, -0.2) is 4.98 Å². The molecule has 1 saturated heterocycles. The Bertz CT molecular complexity index is 534. The van der Waals surface area contributed by atoms with Crippen molar-refractivity contribution >= 4 is 23.2 Å². The van der Waals surface area contributed by atoms with E-state index in [9.17, 15) is 9.59 Å². The molecule has 1 aromatic heterocycles. The highest BCUT2D eigenvalue weighted by molar-refractivity contribution is 7.09. The number of aromatic nitrogens is 1. The lowest BCUT2D eigenvalue weighted by molar-refractivity contribution is -0.149. The maximum absolute atomic E-state index is 12.6. The standard InChI is InChI=1S/C14H19N3O2S/c1-10-9-20-12(15-10)4-7-17-8-11(18)16-14(13(17)19)5-2-3-6-14/h9H,2-8H2,1H3,(H,16,18). The maximum atomic E-state index is 12.6. The molecule has 2 amide bonds. The number of carbonyl (C=O) groups excluding carboxylic acids is 2. The highest BCUT2D eigenvalue weighted by Gasteiger charge is 2.47. The molecule has 2 heterocycles. The van der Waals surface area contributed by atoms with Crippen molar-refractivity contribution in [2.45, 2.75) is 44.6 Å². The molecular weight excluding hydrogens is 274 g/mol. The van der Waals surface area contributed by atoms with Gasteiger partial charge < -0.3 is 10.2 Å². The Labute approximate surface area is 122 Å². The number of thiazole rings is 1. The van der Waals surface area contributed by atoms with Gasteiger partial charge in [-0.05, 0) is 19.8 Å². The third-order valence-corrected chi connectivity index (χ3v) is 5.16. The number of nitrogens with zero attached hydrogens (tertiary/aromatic N) is 2. The lowest BCUT2D eigenvalue weighted by Gasteiger charge is -2.39. The van der Waals surface area contributed by atoms with E-state index in [1.165, 1.54) is 0 Å². The zero-order valence-electron chi connectivity index (χ0n) is 11.6. The number of hydrogen-bond donors (Lipinski definition) is 1. The molecule has 6 heteroatoms. The van der Waals surface area contributed by atoms with Crippen LogP contribution in [-0.2, 0) is 16.0 Å². The van der Waals surface area contributed by atoms with E-state index in [1.54, 1.807) is 16.2 Å². The summed E-state index contributed by atoms with van der Waals surface area (Å²) < 4.78 is 0. The monoisotopic (exact) mass is 293 g/mol. The zero-order chi connectivity index (χ0) is 14.2. The van der Waals surface area contributed by atoms with Gasteiger partial charge in [-0.15, -0.1) is 11.3 Å². The molecule has 108 valence electrons. The Morgan fingerprint density at radius 2 is 2.15 bits per heavy atom. The molecule has 3 rings (SSSR count). The fourth-order valence-corrected chi connectivity index (χ4v) is 3.92. The lowest BCUT2D eigenvalue weighted by Crippen LogP contribution is -2.65. The van der Waals surface area contributed by atoms with Gasteiger partial charge in [-0.1, -0.05) is 12.8 Å². The van der Waals surface area contributed by atoms with Crippen molar-refractivity contribution in [3.05, 3.63) is 16.1 Å². The molecule has 1 spiro atoms. The van der Waals surface area contributed by atoms with Crippen LogP contribution in [0.2, 0.25) is 0 Å². The zero-order valence-corrected chi connectivity index (χ0v) is 12.5. The van der Waals surface area contributed by atoms with E-state index in [1.807, 2.05) is 12.3 Å². The van der Waals surface area contributed by atoms with E-state index < -0.39 is 5.54 Å². The molecule has 2 fully saturated rings. The first kappa shape index (κ1) is 13.5. The van der Waals surface area contributed by atoms with Crippen LogP contribution in [-0.4, -0.2) is 40.3 Å². The minimum absolute atomic E-state index is 0.0261. The Morgan fingerprint density at radius 3 is 2.80 bits per heavy atom. The van der Waals surface area contributed by atoms with Crippen LogP contribution < -0.4 is 5.32 Å². The van der Waals surface area contributed by atoms with Gasteiger partial charge in [-0.2, -0.15) is 0 Å². The molecule has 1 aliphatic heterocycles. The van der Waals surface area contributed by atoms with Crippen molar-refractivity contribution < 1.29 is 9.59 Å². The van der Waals surface area contributed by atoms with Crippen molar-refractivity contribution in [2.75, 3.05) is 13.1 Å². The van der Waals surface area contributed by atoms with Gasteiger partial charge in [0, 0.05) is 24.0 Å². The van der Waals surface area contributed by atoms with E-state index in [2.05, 4.69) is 10.3 Å². The van der Waals surface area contributed by atoms with Gasteiger partial charge in [0.25, 0.3) is 0 Å². The predicted octanol–water partition coefficient (Wildman–Crippen LogP) is 1.27. The lowest BCUT2D eigenvalue weighted by atomic mass is 9.93. The Morgan fingerprint density at radius 1 is 1.40 bits per heavy atom. The summed E-state index contributed by atoms with van der Waals surface area (Å²) in [5.74, 6) is 0.0738. The molecule has 5 nitrogen and oxygen atoms in total. The van der Waals surface area contributed by atoms with E-state index in [0.29, 0.717) is 6.54 Å². The average Bonchev–Trinajstić information content (AvgIpc) is 3.02. The van der Waals surface area contributed by atoms with Gasteiger partial charge >= 0.3 is 0 Å². The van der Waals surface area contributed by atoms with Crippen LogP contribution in [0.25, 0.3) is 0 Å². The summed E-state index contributed by atoms with van der Waals surface area (Å²) in [6, 6.07) is 0. The first-order chi connectivity index (χ1) is 9.59. The van der Waals surface area contributed by atoms with Crippen LogP contribution in [0, 0.1) is 6.92 Å². The Balaban J connectivity index is 1.68. The smallest absolute Gasteiger partial charge is 0.248 e. The third-order valence-electron chi connectivity index (χ3n) is 4.13. The predicted molar refractivity (Wildman–Crippen MR) is 76.5 cm³/mol. The summed E-state index contributed by atoms with van der Waals surface area (Å²) in [6.45, 7) is 2.74. The van der Waals surface area contributed by atoms with E-state index in [-0.39, 0.29) is 18.4 Å². The molecule has 0 bridgehead atoms. The van der Waals surface area contributed by atoms with Crippen LogP contribution >= 0.6 is 11.3 Å². The number of rotatable bonds is 3. The van der Waals surface area contributed by atoms with Crippen molar-refractivity contribution in [2.24, 2.45) is 0 Å². The highest BCUT2D eigenvalue weighted by Crippen LogP contribution is 2.33. The molecule has 0 unspecified atom stereocenters. The van der Waals surface area contributed by atoms with Crippen molar-refractivity contribution in [1.82, 2.24) is 15.2 Å². The molecule has 1 aromatic rings. The minimum Gasteiger partial charge on any atom is -0.340 e. The first-order valence-electron chi connectivity index (χ1n) is 7.10. The molecule has 0 radical (unpaired) electrons. The van der Waals surface area contributed by atoms with Crippen LogP contribution in [0.3, 0.4) is 0 Å². The van der Waals surface area contributed by atoms with Crippen LogP contribution in [0.1, 0.15) is 36.4 Å².